The molecule has 16 heavy (non-hydrogen) atoms. The minimum atomic E-state index is -2.93. The van der Waals surface area contributed by atoms with E-state index in [0.29, 0.717) is 0 Å². The van der Waals surface area contributed by atoms with Crippen molar-refractivity contribution in [3.8, 4) is 0 Å². The summed E-state index contributed by atoms with van der Waals surface area (Å²) in [4.78, 5) is 23.7. The minimum absolute atomic E-state index is 0.114. The molecule has 1 heterocycles. The second-order valence-electron chi connectivity index (χ2n) is 2.56. The molecule has 0 aliphatic carbocycles. The Morgan fingerprint density at radius 3 is 2.56 bits per heavy atom. The standard InChI is InChI=1S/C7H2ClF2IN2O3/c8-6(14)4-5(13(15)16)2(11)1-3(12-4)7(9)10/h1,7H. The van der Waals surface area contributed by atoms with Crippen LogP contribution in [0.5, 0.6) is 0 Å². The third kappa shape index (κ3) is 2.61. The van der Waals surface area contributed by atoms with Gasteiger partial charge in [-0.3, -0.25) is 14.9 Å². The van der Waals surface area contributed by atoms with Crippen LogP contribution in [0.25, 0.3) is 0 Å². The van der Waals surface area contributed by atoms with Gasteiger partial charge in [0, 0.05) is 0 Å². The Morgan fingerprint density at radius 1 is 1.62 bits per heavy atom. The highest BCUT2D eigenvalue weighted by molar-refractivity contribution is 14.1. The van der Waals surface area contributed by atoms with E-state index in [2.05, 4.69) is 4.98 Å². The topological polar surface area (TPSA) is 73.1 Å². The van der Waals surface area contributed by atoms with Gasteiger partial charge in [-0.15, -0.1) is 0 Å². The Hall–Kier alpha value is -0.900. The molecule has 0 aliphatic heterocycles. The molecule has 1 aromatic rings. The van der Waals surface area contributed by atoms with Gasteiger partial charge >= 0.3 is 5.69 Å². The smallest absolute Gasteiger partial charge is 0.274 e. The number of nitrogens with zero attached hydrogens (tertiary/aromatic N) is 2. The number of carbonyl (C=O) groups excluding carboxylic acids is 1. The lowest BCUT2D eigenvalue weighted by atomic mass is 10.2. The molecule has 0 amide bonds. The van der Waals surface area contributed by atoms with Crippen molar-refractivity contribution in [2.75, 3.05) is 0 Å². The Kier molecular flexibility index (Phi) is 4.08. The molecule has 0 atom stereocenters. The number of aromatic nitrogens is 1. The molecule has 1 rings (SSSR count). The zero-order valence-corrected chi connectivity index (χ0v) is 10.2. The van der Waals surface area contributed by atoms with Gasteiger partial charge in [0.25, 0.3) is 11.7 Å². The van der Waals surface area contributed by atoms with E-state index in [0.717, 1.165) is 6.07 Å². The lowest BCUT2D eigenvalue weighted by molar-refractivity contribution is -0.386. The lowest BCUT2D eigenvalue weighted by Crippen LogP contribution is -2.07. The fourth-order valence-electron chi connectivity index (χ4n) is 0.948. The van der Waals surface area contributed by atoms with Crippen LogP contribution in [0, 0.1) is 13.7 Å². The third-order valence-electron chi connectivity index (χ3n) is 1.56. The Balaban J connectivity index is 3.52. The van der Waals surface area contributed by atoms with Crippen LogP contribution in [0.3, 0.4) is 0 Å². The van der Waals surface area contributed by atoms with Crippen LogP contribution in [0.4, 0.5) is 14.5 Å². The van der Waals surface area contributed by atoms with Gasteiger partial charge in [-0.25, -0.2) is 13.8 Å². The lowest BCUT2D eigenvalue weighted by Gasteiger charge is -2.03. The number of hydrogen-bond donors (Lipinski definition) is 0. The number of carbonyl (C=O) groups is 1. The maximum absolute atomic E-state index is 12.3. The van der Waals surface area contributed by atoms with Gasteiger partial charge in [0.05, 0.1) is 8.49 Å². The fourth-order valence-corrected chi connectivity index (χ4v) is 1.85. The average molecular weight is 362 g/mol. The molecule has 9 heteroatoms. The first-order valence-electron chi connectivity index (χ1n) is 3.67. The monoisotopic (exact) mass is 362 g/mol. The predicted molar refractivity (Wildman–Crippen MR) is 58.7 cm³/mol. The fraction of sp³-hybridized carbons (Fsp3) is 0.143. The van der Waals surface area contributed by atoms with E-state index < -0.39 is 33.7 Å². The molecule has 0 fully saturated rings. The first kappa shape index (κ1) is 13.2. The summed E-state index contributed by atoms with van der Waals surface area (Å²) in [6.45, 7) is 0. The Morgan fingerprint density at radius 2 is 2.19 bits per heavy atom. The summed E-state index contributed by atoms with van der Waals surface area (Å²) in [7, 11) is 0. The van der Waals surface area contributed by atoms with E-state index in [-0.39, 0.29) is 3.57 Å². The summed E-state index contributed by atoms with van der Waals surface area (Å²) >= 11 is 6.51. The molecule has 5 nitrogen and oxygen atoms in total. The van der Waals surface area contributed by atoms with Crippen molar-refractivity contribution < 1.29 is 18.5 Å². The summed E-state index contributed by atoms with van der Waals surface area (Å²) in [5.74, 6) is 0. The maximum Gasteiger partial charge on any atom is 0.313 e. The number of hydrogen-bond acceptors (Lipinski definition) is 4. The molecule has 0 radical (unpaired) electrons. The van der Waals surface area contributed by atoms with Crippen LogP contribution in [0.2, 0.25) is 0 Å². The van der Waals surface area contributed by atoms with Crippen LogP contribution in [0.15, 0.2) is 6.07 Å². The van der Waals surface area contributed by atoms with Crippen LogP contribution < -0.4 is 0 Å². The molecule has 0 aliphatic rings. The highest BCUT2D eigenvalue weighted by atomic mass is 127. The van der Waals surface area contributed by atoms with Crippen molar-refractivity contribution in [3.05, 3.63) is 31.1 Å². The summed E-state index contributed by atoms with van der Waals surface area (Å²) in [5.41, 5.74) is -2.15. The van der Waals surface area contributed by atoms with Crippen LogP contribution in [-0.2, 0) is 0 Å². The molecule has 0 unspecified atom stereocenters. The molecule has 0 aromatic carbocycles. The van der Waals surface area contributed by atoms with Gasteiger partial charge in [0.1, 0.15) is 5.69 Å². The molecule has 0 saturated heterocycles. The number of rotatable bonds is 3. The van der Waals surface area contributed by atoms with Gasteiger partial charge < -0.3 is 0 Å². The van der Waals surface area contributed by atoms with E-state index in [9.17, 15) is 23.7 Å². The molecular weight excluding hydrogens is 360 g/mol. The van der Waals surface area contributed by atoms with E-state index in [1.165, 1.54) is 22.6 Å². The summed E-state index contributed by atoms with van der Waals surface area (Å²) in [5, 5.41) is 9.35. The number of halogens is 4. The van der Waals surface area contributed by atoms with E-state index in [1.54, 1.807) is 0 Å². The number of pyridine rings is 1. The first-order chi connectivity index (χ1) is 7.34. The summed E-state index contributed by atoms with van der Waals surface area (Å²) in [6.07, 6.45) is -2.93. The van der Waals surface area contributed by atoms with Gasteiger partial charge in [-0.2, -0.15) is 0 Å². The third-order valence-corrected chi connectivity index (χ3v) is 2.56. The first-order valence-corrected chi connectivity index (χ1v) is 5.13. The second kappa shape index (κ2) is 4.95. The van der Waals surface area contributed by atoms with Gasteiger partial charge in [-0.05, 0) is 40.3 Å². The van der Waals surface area contributed by atoms with Crippen molar-refractivity contribution in [2.45, 2.75) is 6.43 Å². The number of nitro groups is 1. The van der Waals surface area contributed by atoms with Crippen molar-refractivity contribution in [1.29, 1.82) is 0 Å². The molecule has 0 saturated carbocycles. The molecule has 0 spiro atoms. The number of alkyl halides is 2. The predicted octanol–water partition coefficient (Wildman–Crippen LogP) is 2.91. The zero-order chi connectivity index (χ0) is 12.5. The van der Waals surface area contributed by atoms with Crippen LogP contribution in [-0.4, -0.2) is 15.1 Å². The van der Waals surface area contributed by atoms with E-state index >= 15 is 0 Å². The Labute approximate surface area is 106 Å². The molecular formula is C7H2ClF2IN2O3. The van der Waals surface area contributed by atoms with Crippen LogP contribution in [0.1, 0.15) is 22.6 Å². The van der Waals surface area contributed by atoms with Gasteiger partial charge in [-0.1, -0.05) is 0 Å². The van der Waals surface area contributed by atoms with Crippen molar-refractivity contribution >= 4 is 45.1 Å². The van der Waals surface area contributed by atoms with Crippen molar-refractivity contribution in [3.63, 3.8) is 0 Å². The maximum atomic E-state index is 12.3. The molecule has 0 bridgehead atoms. The van der Waals surface area contributed by atoms with Gasteiger partial charge in [0.15, 0.2) is 0 Å². The van der Waals surface area contributed by atoms with Crippen molar-refractivity contribution in [1.82, 2.24) is 4.98 Å². The second-order valence-corrected chi connectivity index (χ2v) is 4.06. The molecule has 0 N–H and O–H groups in total. The van der Waals surface area contributed by atoms with Gasteiger partial charge in [0.2, 0.25) is 5.69 Å². The zero-order valence-electron chi connectivity index (χ0n) is 7.29. The summed E-state index contributed by atoms with van der Waals surface area (Å²) < 4.78 is 24.6. The highest BCUT2D eigenvalue weighted by Gasteiger charge is 2.27. The van der Waals surface area contributed by atoms with Crippen molar-refractivity contribution in [2.24, 2.45) is 0 Å². The van der Waals surface area contributed by atoms with Crippen LogP contribution >= 0.6 is 34.2 Å². The Bertz CT molecular complexity index is 469. The average Bonchev–Trinajstić information content (AvgIpc) is 2.15. The summed E-state index contributed by atoms with van der Waals surface area (Å²) in [6, 6.07) is 0.840. The SMILES string of the molecule is O=C(Cl)c1nc(C(F)F)cc(I)c1[N+](=O)[O-]. The molecule has 86 valence electrons. The normalized spacial score (nSPS) is 10.6. The van der Waals surface area contributed by atoms with E-state index in [4.69, 9.17) is 11.6 Å². The highest BCUT2D eigenvalue weighted by Crippen LogP contribution is 2.29. The van der Waals surface area contributed by atoms with E-state index in [1.807, 2.05) is 0 Å². The quantitative estimate of drug-likeness (QED) is 0.359. The minimum Gasteiger partial charge on any atom is -0.274 e. The molecule has 1 aromatic heterocycles. The largest absolute Gasteiger partial charge is 0.313 e.